The van der Waals surface area contributed by atoms with E-state index in [2.05, 4.69) is 5.32 Å². The number of nitrogens with one attached hydrogen (secondary N) is 1. The van der Waals surface area contributed by atoms with E-state index in [1.165, 1.54) is 0 Å². The average Bonchev–Trinajstić information content (AvgIpc) is 2.98. The molecule has 0 aliphatic heterocycles. The molecule has 0 saturated heterocycles. The summed E-state index contributed by atoms with van der Waals surface area (Å²) in [5.41, 5.74) is 3.40. The van der Waals surface area contributed by atoms with E-state index >= 15 is 0 Å². The van der Waals surface area contributed by atoms with Gasteiger partial charge in [-0.2, -0.15) is 0 Å². The Balaban J connectivity index is 1.60. The van der Waals surface area contributed by atoms with Crippen LogP contribution in [0.5, 0.6) is 0 Å². The van der Waals surface area contributed by atoms with Gasteiger partial charge in [0.2, 0.25) is 0 Å². The van der Waals surface area contributed by atoms with E-state index in [9.17, 15) is 9.59 Å². The van der Waals surface area contributed by atoms with E-state index in [1.807, 2.05) is 60.7 Å². The summed E-state index contributed by atoms with van der Waals surface area (Å²) in [6.45, 7) is 0.336. The number of oxazole rings is 1. The minimum absolute atomic E-state index is 0.192. The molecule has 0 unspecified atom stereocenters. The second-order valence-electron chi connectivity index (χ2n) is 5.94. The monoisotopic (exact) mass is 344 g/mol. The Hall–Kier alpha value is -3.60. The highest BCUT2D eigenvalue weighted by Gasteiger charge is 2.11. The van der Waals surface area contributed by atoms with Crippen molar-refractivity contribution in [3.05, 3.63) is 101 Å². The van der Waals surface area contributed by atoms with Crippen LogP contribution in [0.2, 0.25) is 0 Å². The van der Waals surface area contributed by atoms with Gasteiger partial charge in [0.05, 0.1) is 12.1 Å². The zero-order valence-corrected chi connectivity index (χ0v) is 13.9. The van der Waals surface area contributed by atoms with Crippen molar-refractivity contribution in [2.24, 2.45) is 0 Å². The minimum atomic E-state index is -0.412. The lowest BCUT2D eigenvalue weighted by Gasteiger charge is -2.07. The molecule has 5 heteroatoms. The molecule has 5 nitrogen and oxygen atoms in total. The number of nitrogens with zero attached hydrogens (tertiary/aromatic N) is 1. The van der Waals surface area contributed by atoms with E-state index in [1.54, 1.807) is 22.8 Å². The van der Waals surface area contributed by atoms with Crippen LogP contribution in [0.25, 0.3) is 11.1 Å². The summed E-state index contributed by atoms with van der Waals surface area (Å²) < 4.78 is 6.82. The molecule has 1 amide bonds. The molecule has 0 atom stereocenters. The van der Waals surface area contributed by atoms with E-state index in [-0.39, 0.29) is 5.91 Å². The number of para-hydroxylation sites is 3. The second kappa shape index (κ2) is 6.72. The van der Waals surface area contributed by atoms with Crippen LogP contribution in [0.4, 0.5) is 5.69 Å². The van der Waals surface area contributed by atoms with Crippen LogP contribution in [-0.4, -0.2) is 10.5 Å². The number of aromatic nitrogens is 1. The summed E-state index contributed by atoms with van der Waals surface area (Å²) in [5, 5.41) is 2.86. The molecule has 1 aromatic heterocycles. The number of carbonyl (C=O) groups is 1. The maximum absolute atomic E-state index is 12.4. The molecular weight excluding hydrogens is 328 g/mol. The van der Waals surface area contributed by atoms with Crippen LogP contribution >= 0.6 is 0 Å². The summed E-state index contributed by atoms with van der Waals surface area (Å²) in [7, 11) is 0. The second-order valence-corrected chi connectivity index (χ2v) is 5.94. The quantitative estimate of drug-likeness (QED) is 0.611. The Bertz CT molecular complexity index is 1130. The van der Waals surface area contributed by atoms with Gasteiger partial charge in [0.25, 0.3) is 5.91 Å². The SMILES string of the molecule is O=C(Nc1ccccc1)c1cccc(Cn2c(=O)oc3ccccc32)c1. The average molecular weight is 344 g/mol. The van der Waals surface area contributed by atoms with Crippen LogP contribution < -0.4 is 11.1 Å². The van der Waals surface area contributed by atoms with E-state index in [0.717, 1.165) is 16.8 Å². The summed E-state index contributed by atoms with van der Waals surface area (Å²) in [6.07, 6.45) is 0. The lowest BCUT2D eigenvalue weighted by atomic mass is 10.1. The van der Waals surface area contributed by atoms with Crippen LogP contribution in [0.1, 0.15) is 15.9 Å². The third kappa shape index (κ3) is 3.15. The third-order valence-electron chi connectivity index (χ3n) is 4.14. The number of carbonyl (C=O) groups excluding carboxylic acids is 1. The normalized spacial score (nSPS) is 10.8. The fourth-order valence-corrected chi connectivity index (χ4v) is 2.88. The van der Waals surface area contributed by atoms with E-state index in [0.29, 0.717) is 17.7 Å². The zero-order chi connectivity index (χ0) is 17.9. The first-order valence-corrected chi connectivity index (χ1v) is 8.24. The lowest BCUT2D eigenvalue weighted by molar-refractivity contribution is 0.102. The molecule has 4 aromatic rings. The molecule has 0 aliphatic rings. The number of hydrogen-bond donors (Lipinski definition) is 1. The Kier molecular flexibility index (Phi) is 4.11. The Labute approximate surface area is 149 Å². The maximum Gasteiger partial charge on any atom is 0.420 e. The molecule has 1 N–H and O–H groups in total. The highest BCUT2D eigenvalue weighted by molar-refractivity contribution is 6.04. The van der Waals surface area contributed by atoms with E-state index in [4.69, 9.17) is 4.42 Å². The van der Waals surface area contributed by atoms with Gasteiger partial charge in [-0.1, -0.05) is 42.5 Å². The molecule has 128 valence electrons. The molecule has 0 radical (unpaired) electrons. The van der Waals surface area contributed by atoms with Crippen molar-refractivity contribution < 1.29 is 9.21 Å². The van der Waals surface area contributed by atoms with Gasteiger partial charge in [-0.25, -0.2) is 4.79 Å². The number of benzene rings is 3. The zero-order valence-electron chi connectivity index (χ0n) is 13.9. The fraction of sp³-hybridized carbons (Fsp3) is 0.0476. The molecule has 0 saturated carbocycles. The highest BCUT2D eigenvalue weighted by Crippen LogP contribution is 2.15. The molecular formula is C21H16N2O3. The van der Waals surface area contributed by atoms with Gasteiger partial charge in [-0.05, 0) is 42.0 Å². The number of amides is 1. The van der Waals surface area contributed by atoms with Crippen molar-refractivity contribution in [1.29, 1.82) is 0 Å². The lowest BCUT2D eigenvalue weighted by Crippen LogP contribution is -2.16. The van der Waals surface area contributed by atoms with Crippen molar-refractivity contribution >= 4 is 22.7 Å². The maximum atomic E-state index is 12.4. The summed E-state index contributed by atoms with van der Waals surface area (Å²) in [4.78, 5) is 24.6. The molecule has 1 heterocycles. The first kappa shape index (κ1) is 15.9. The van der Waals surface area contributed by atoms with Gasteiger partial charge in [0, 0.05) is 11.3 Å². The molecule has 0 bridgehead atoms. The van der Waals surface area contributed by atoms with Crippen molar-refractivity contribution in [1.82, 2.24) is 4.57 Å². The van der Waals surface area contributed by atoms with Crippen LogP contribution in [0.3, 0.4) is 0 Å². The number of rotatable bonds is 4. The summed E-state index contributed by atoms with van der Waals surface area (Å²) >= 11 is 0. The topological polar surface area (TPSA) is 64.2 Å². The van der Waals surface area contributed by atoms with Crippen molar-refractivity contribution in [3.8, 4) is 0 Å². The first-order chi connectivity index (χ1) is 12.7. The van der Waals surface area contributed by atoms with Gasteiger partial charge < -0.3 is 9.73 Å². The predicted molar refractivity (Wildman–Crippen MR) is 100 cm³/mol. The number of fused-ring (bicyclic) bond motifs is 1. The molecule has 0 spiro atoms. The summed E-state index contributed by atoms with van der Waals surface area (Å²) in [6, 6.07) is 23.8. The highest BCUT2D eigenvalue weighted by atomic mass is 16.4. The van der Waals surface area contributed by atoms with Crippen molar-refractivity contribution in [2.45, 2.75) is 6.54 Å². The van der Waals surface area contributed by atoms with Gasteiger partial charge >= 0.3 is 5.76 Å². The van der Waals surface area contributed by atoms with Crippen molar-refractivity contribution in [3.63, 3.8) is 0 Å². The Morgan fingerprint density at radius 2 is 1.69 bits per heavy atom. The Morgan fingerprint density at radius 1 is 0.923 bits per heavy atom. The molecule has 0 aliphatic carbocycles. The summed E-state index contributed by atoms with van der Waals surface area (Å²) in [5.74, 6) is -0.604. The third-order valence-corrected chi connectivity index (χ3v) is 4.14. The largest absolute Gasteiger partial charge is 0.420 e. The minimum Gasteiger partial charge on any atom is -0.408 e. The van der Waals surface area contributed by atoms with Crippen molar-refractivity contribution in [2.75, 3.05) is 5.32 Å². The van der Waals surface area contributed by atoms with Crippen LogP contribution in [0.15, 0.2) is 88.1 Å². The molecule has 4 rings (SSSR count). The van der Waals surface area contributed by atoms with Gasteiger partial charge in [-0.3, -0.25) is 9.36 Å². The molecule has 26 heavy (non-hydrogen) atoms. The van der Waals surface area contributed by atoms with Crippen LogP contribution in [-0.2, 0) is 6.54 Å². The predicted octanol–water partition coefficient (Wildman–Crippen LogP) is 3.90. The van der Waals surface area contributed by atoms with Gasteiger partial charge in [0.1, 0.15) is 0 Å². The van der Waals surface area contributed by atoms with E-state index < -0.39 is 5.76 Å². The molecule has 3 aromatic carbocycles. The fourth-order valence-electron chi connectivity index (χ4n) is 2.88. The standard InChI is InChI=1S/C21H16N2O3/c24-20(22-17-9-2-1-3-10-17)16-8-6-7-15(13-16)14-23-18-11-4-5-12-19(18)26-21(23)25/h1-13H,14H2,(H,22,24). The smallest absolute Gasteiger partial charge is 0.408 e. The molecule has 0 fully saturated rings. The first-order valence-electron chi connectivity index (χ1n) is 8.24. The van der Waals surface area contributed by atoms with Gasteiger partial charge in [-0.15, -0.1) is 0 Å². The number of hydrogen-bond acceptors (Lipinski definition) is 3. The van der Waals surface area contributed by atoms with Gasteiger partial charge in [0.15, 0.2) is 5.58 Å². The van der Waals surface area contributed by atoms with Crippen LogP contribution in [0, 0.1) is 0 Å². The number of anilines is 1. The Morgan fingerprint density at radius 3 is 2.54 bits per heavy atom.